The van der Waals surface area contributed by atoms with Gasteiger partial charge in [-0.15, -0.1) is 0 Å². The van der Waals surface area contributed by atoms with E-state index in [1.165, 1.54) is 50.6 Å². The first-order valence-electron chi connectivity index (χ1n) is 8.14. The van der Waals surface area contributed by atoms with Crippen LogP contribution < -0.4 is 5.32 Å². The molecule has 0 bridgehead atoms. The minimum absolute atomic E-state index is 0.355. The van der Waals surface area contributed by atoms with Crippen LogP contribution in [-0.2, 0) is 7.05 Å². The second-order valence-electron chi connectivity index (χ2n) is 6.04. The molecular formula is C16H28ClN3. The van der Waals surface area contributed by atoms with Gasteiger partial charge in [0.1, 0.15) is 0 Å². The van der Waals surface area contributed by atoms with Crippen LogP contribution in [0.15, 0.2) is 6.20 Å². The number of rotatable bonds is 5. The molecule has 1 aromatic heterocycles. The molecule has 1 aliphatic carbocycles. The molecule has 0 aromatic carbocycles. The molecule has 1 aliphatic rings. The summed E-state index contributed by atoms with van der Waals surface area (Å²) in [5.74, 6) is 0.690. The van der Waals surface area contributed by atoms with Crippen LogP contribution in [0.4, 0.5) is 0 Å². The Morgan fingerprint density at radius 3 is 2.50 bits per heavy atom. The average Bonchev–Trinajstić information content (AvgIpc) is 2.72. The van der Waals surface area contributed by atoms with Crippen molar-refractivity contribution in [1.82, 2.24) is 15.1 Å². The standard InChI is InChI=1S/C16H28ClN3/c1-3-11-18-15(16-14(17)12-19-20(16)2)13-9-7-5-4-6-8-10-13/h12-13,15,18H,3-11H2,1-2H3. The highest BCUT2D eigenvalue weighted by atomic mass is 35.5. The van der Waals surface area contributed by atoms with Gasteiger partial charge >= 0.3 is 0 Å². The van der Waals surface area contributed by atoms with E-state index in [1.54, 1.807) is 6.20 Å². The van der Waals surface area contributed by atoms with Gasteiger partial charge in [0.25, 0.3) is 0 Å². The zero-order valence-electron chi connectivity index (χ0n) is 12.9. The molecule has 1 heterocycles. The lowest BCUT2D eigenvalue weighted by atomic mass is 9.84. The Bertz CT molecular complexity index is 375. The number of aryl methyl sites for hydroxylation is 1. The van der Waals surface area contributed by atoms with E-state index in [0.717, 1.165) is 18.0 Å². The summed E-state index contributed by atoms with van der Waals surface area (Å²) in [7, 11) is 2.00. The molecule has 0 amide bonds. The molecule has 1 atom stereocenters. The maximum atomic E-state index is 6.39. The smallest absolute Gasteiger partial charge is 0.0834 e. The fourth-order valence-electron chi connectivity index (χ4n) is 3.38. The van der Waals surface area contributed by atoms with E-state index in [9.17, 15) is 0 Å². The molecule has 20 heavy (non-hydrogen) atoms. The van der Waals surface area contributed by atoms with Gasteiger partial charge in [0, 0.05) is 7.05 Å². The number of nitrogens with one attached hydrogen (secondary N) is 1. The molecule has 0 spiro atoms. The SMILES string of the molecule is CCCNC(c1c(Cl)cnn1C)C1CCCCCCC1. The van der Waals surface area contributed by atoms with Crippen molar-refractivity contribution in [2.75, 3.05) is 6.54 Å². The van der Waals surface area contributed by atoms with Crippen molar-refractivity contribution in [3.05, 3.63) is 16.9 Å². The predicted octanol–water partition coefficient (Wildman–Crippen LogP) is 4.47. The van der Waals surface area contributed by atoms with Crippen molar-refractivity contribution in [3.8, 4) is 0 Å². The van der Waals surface area contributed by atoms with Crippen LogP contribution in [0.3, 0.4) is 0 Å². The molecule has 0 radical (unpaired) electrons. The first-order valence-corrected chi connectivity index (χ1v) is 8.52. The van der Waals surface area contributed by atoms with Gasteiger partial charge in [-0.2, -0.15) is 5.10 Å². The van der Waals surface area contributed by atoms with Gasteiger partial charge in [-0.3, -0.25) is 4.68 Å². The lowest BCUT2D eigenvalue weighted by Crippen LogP contribution is -2.31. The van der Waals surface area contributed by atoms with E-state index in [0.29, 0.717) is 12.0 Å². The van der Waals surface area contributed by atoms with Crippen LogP contribution in [-0.4, -0.2) is 16.3 Å². The Balaban J connectivity index is 2.17. The lowest BCUT2D eigenvalue weighted by molar-refractivity contribution is 0.279. The minimum atomic E-state index is 0.355. The lowest BCUT2D eigenvalue weighted by Gasteiger charge is -2.30. The Morgan fingerprint density at radius 1 is 1.30 bits per heavy atom. The largest absolute Gasteiger partial charge is 0.308 e. The molecule has 1 aromatic rings. The fourth-order valence-corrected chi connectivity index (χ4v) is 3.66. The maximum absolute atomic E-state index is 6.39. The monoisotopic (exact) mass is 297 g/mol. The van der Waals surface area contributed by atoms with E-state index in [2.05, 4.69) is 17.3 Å². The quantitative estimate of drug-likeness (QED) is 0.868. The maximum Gasteiger partial charge on any atom is 0.0834 e. The Morgan fingerprint density at radius 2 is 1.95 bits per heavy atom. The molecular weight excluding hydrogens is 270 g/mol. The van der Waals surface area contributed by atoms with Gasteiger partial charge in [0.2, 0.25) is 0 Å². The third-order valence-electron chi connectivity index (χ3n) is 4.47. The van der Waals surface area contributed by atoms with Crippen molar-refractivity contribution in [3.63, 3.8) is 0 Å². The van der Waals surface area contributed by atoms with Crippen LogP contribution in [0, 0.1) is 5.92 Å². The number of hydrogen-bond acceptors (Lipinski definition) is 2. The highest BCUT2D eigenvalue weighted by molar-refractivity contribution is 6.31. The highest BCUT2D eigenvalue weighted by Gasteiger charge is 2.27. The van der Waals surface area contributed by atoms with Crippen LogP contribution in [0.5, 0.6) is 0 Å². The zero-order chi connectivity index (χ0) is 14.4. The summed E-state index contributed by atoms with van der Waals surface area (Å²) in [6.45, 7) is 3.26. The van der Waals surface area contributed by atoms with Gasteiger partial charge in [-0.05, 0) is 31.7 Å². The zero-order valence-corrected chi connectivity index (χ0v) is 13.6. The number of halogens is 1. The van der Waals surface area contributed by atoms with Gasteiger partial charge in [-0.25, -0.2) is 0 Å². The summed E-state index contributed by atoms with van der Waals surface area (Å²) in [5, 5.41) is 8.86. The minimum Gasteiger partial charge on any atom is -0.308 e. The van der Waals surface area contributed by atoms with Crippen LogP contribution in [0.1, 0.15) is 70.0 Å². The van der Waals surface area contributed by atoms with Crippen LogP contribution >= 0.6 is 11.6 Å². The molecule has 1 saturated carbocycles. The van der Waals surface area contributed by atoms with Crippen molar-refractivity contribution in [2.45, 2.75) is 64.3 Å². The highest BCUT2D eigenvalue weighted by Crippen LogP contribution is 2.35. The number of aromatic nitrogens is 2. The Kier molecular flexibility index (Phi) is 6.37. The van der Waals surface area contributed by atoms with Gasteiger partial charge in [-0.1, -0.05) is 50.6 Å². The predicted molar refractivity (Wildman–Crippen MR) is 85.1 cm³/mol. The Hall–Kier alpha value is -0.540. The second-order valence-corrected chi connectivity index (χ2v) is 6.45. The van der Waals surface area contributed by atoms with Crippen molar-refractivity contribution >= 4 is 11.6 Å². The topological polar surface area (TPSA) is 29.9 Å². The third-order valence-corrected chi connectivity index (χ3v) is 4.76. The molecule has 4 heteroatoms. The van der Waals surface area contributed by atoms with E-state index in [1.807, 2.05) is 11.7 Å². The first-order chi connectivity index (χ1) is 9.74. The first kappa shape index (κ1) is 15.8. The summed E-state index contributed by atoms with van der Waals surface area (Å²) in [4.78, 5) is 0. The summed E-state index contributed by atoms with van der Waals surface area (Å²) >= 11 is 6.39. The van der Waals surface area contributed by atoms with E-state index in [-0.39, 0.29) is 0 Å². The second kappa shape index (κ2) is 8.04. The van der Waals surface area contributed by atoms with E-state index < -0.39 is 0 Å². The summed E-state index contributed by atoms with van der Waals surface area (Å²) in [6.07, 6.45) is 12.4. The summed E-state index contributed by atoms with van der Waals surface area (Å²) in [5.41, 5.74) is 1.17. The van der Waals surface area contributed by atoms with Gasteiger partial charge < -0.3 is 5.32 Å². The molecule has 2 rings (SSSR count). The molecule has 0 saturated heterocycles. The molecule has 0 aliphatic heterocycles. The molecule has 1 N–H and O–H groups in total. The summed E-state index contributed by atoms with van der Waals surface area (Å²) < 4.78 is 1.95. The fraction of sp³-hybridized carbons (Fsp3) is 0.812. The molecule has 114 valence electrons. The molecule has 3 nitrogen and oxygen atoms in total. The van der Waals surface area contributed by atoms with Crippen molar-refractivity contribution in [2.24, 2.45) is 13.0 Å². The van der Waals surface area contributed by atoms with Crippen molar-refractivity contribution < 1.29 is 0 Å². The molecule has 1 unspecified atom stereocenters. The van der Waals surface area contributed by atoms with Gasteiger partial charge in [0.05, 0.1) is 23.0 Å². The molecule has 1 fully saturated rings. The Labute approximate surface area is 128 Å². The van der Waals surface area contributed by atoms with Crippen LogP contribution in [0.25, 0.3) is 0 Å². The number of hydrogen-bond donors (Lipinski definition) is 1. The van der Waals surface area contributed by atoms with E-state index in [4.69, 9.17) is 11.6 Å². The van der Waals surface area contributed by atoms with E-state index >= 15 is 0 Å². The van der Waals surface area contributed by atoms with Crippen molar-refractivity contribution in [1.29, 1.82) is 0 Å². The number of nitrogens with zero attached hydrogens (tertiary/aromatic N) is 2. The van der Waals surface area contributed by atoms with Crippen LogP contribution in [0.2, 0.25) is 5.02 Å². The third kappa shape index (κ3) is 3.98. The van der Waals surface area contributed by atoms with Gasteiger partial charge in [0.15, 0.2) is 0 Å². The normalized spacial score (nSPS) is 19.6. The average molecular weight is 298 g/mol. The summed E-state index contributed by atoms with van der Waals surface area (Å²) in [6, 6.07) is 0.355.